The van der Waals surface area contributed by atoms with E-state index < -0.39 is 0 Å². The van der Waals surface area contributed by atoms with Gasteiger partial charge in [-0.05, 0) is 18.2 Å². The van der Waals surface area contributed by atoms with Gasteiger partial charge in [0, 0.05) is 23.6 Å². The van der Waals surface area contributed by atoms with E-state index in [-0.39, 0.29) is 0 Å². The second kappa shape index (κ2) is 4.00. The highest BCUT2D eigenvalue weighted by atomic mass is 35.5. The van der Waals surface area contributed by atoms with Crippen molar-refractivity contribution in [3.8, 4) is 5.69 Å². The number of imidazole rings is 1. The van der Waals surface area contributed by atoms with Crippen LogP contribution >= 0.6 is 23.8 Å². The quantitative estimate of drug-likeness (QED) is 0.815. The molecule has 0 aliphatic rings. The number of nitrogens with two attached hydrogens (primary N) is 1. The van der Waals surface area contributed by atoms with Crippen molar-refractivity contribution in [1.82, 2.24) is 9.55 Å². The van der Waals surface area contributed by atoms with Crippen molar-refractivity contribution in [2.24, 2.45) is 5.73 Å². The fourth-order valence-electron chi connectivity index (χ4n) is 1.28. The number of rotatable bonds is 2. The van der Waals surface area contributed by atoms with Gasteiger partial charge in [-0.15, -0.1) is 0 Å². The van der Waals surface area contributed by atoms with Crippen molar-refractivity contribution in [3.05, 3.63) is 47.5 Å². The minimum Gasteiger partial charge on any atom is -0.389 e. The average molecular weight is 238 g/mol. The summed E-state index contributed by atoms with van der Waals surface area (Å²) in [6.07, 6.45) is 5.24. The predicted octanol–water partition coefficient (Wildman–Crippen LogP) is 2.16. The van der Waals surface area contributed by atoms with E-state index in [4.69, 9.17) is 29.6 Å². The number of halogens is 1. The van der Waals surface area contributed by atoms with E-state index in [2.05, 4.69) is 4.98 Å². The molecular weight excluding hydrogens is 230 g/mol. The molecule has 0 amide bonds. The minimum atomic E-state index is 0.303. The number of nitrogens with zero attached hydrogens (tertiary/aromatic N) is 2. The molecule has 2 aromatic rings. The van der Waals surface area contributed by atoms with Crippen LogP contribution in [0.4, 0.5) is 0 Å². The predicted molar refractivity (Wildman–Crippen MR) is 64.5 cm³/mol. The number of thiocarbonyl (C=S) groups is 1. The summed E-state index contributed by atoms with van der Waals surface area (Å²) >= 11 is 10.9. The molecular formula is C10H8ClN3S. The van der Waals surface area contributed by atoms with Crippen molar-refractivity contribution in [2.45, 2.75) is 0 Å². The lowest BCUT2D eigenvalue weighted by Crippen LogP contribution is -2.10. The number of hydrogen-bond donors (Lipinski definition) is 1. The van der Waals surface area contributed by atoms with Crippen LogP contribution in [0.3, 0.4) is 0 Å². The minimum absolute atomic E-state index is 0.303. The van der Waals surface area contributed by atoms with Crippen molar-refractivity contribution < 1.29 is 0 Å². The maximum absolute atomic E-state index is 6.04. The second-order valence-electron chi connectivity index (χ2n) is 3.00. The molecule has 0 saturated heterocycles. The molecule has 0 bridgehead atoms. The SMILES string of the molecule is NC(=S)c1ccc(-n2ccnc2)cc1Cl. The Hall–Kier alpha value is -1.39. The Labute approximate surface area is 97.5 Å². The maximum Gasteiger partial charge on any atom is 0.105 e. The second-order valence-corrected chi connectivity index (χ2v) is 3.85. The van der Waals surface area contributed by atoms with E-state index in [0.717, 1.165) is 5.69 Å². The van der Waals surface area contributed by atoms with Crippen LogP contribution in [0.25, 0.3) is 5.69 Å². The lowest BCUT2D eigenvalue weighted by atomic mass is 10.2. The molecule has 0 fully saturated rings. The Bertz CT molecular complexity index is 493. The van der Waals surface area contributed by atoms with Crippen LogP contribution in [0.2, 0.25) is 5.02 Å². The largest absolute Gasteiger partial charge is 0.389 e. The number of hydrogen-bond acceptors (Lipinski definition) is 2. The highest BCUT2D eigenvalue weighted by Crippen LogP contribution is 2.20. The summed E-state index contributed by atoms with van der Waals surface area (Å²) in [6.45, 7) is 0. The molecule has 0 spiro atoms. The van der Waals surface area contributed by atoms with Crippen molar-refractivity contribution in [3.63, 3.8) is 0 Å². The topological polar surface area (TPSA) is 43.8 Å². The molecule has 15 heavy (non-hydrogen) atoms. The first-order valence-corrected chi connectivity index (χ1v) is 5.05. The van der Waals surface area contributed by atoms with Crippen molar-refractivity contribution >= 4 is 28.8 Å². The highest BCUT2D eigenvalue weighted by Gasteiger charge is 2.04. The van der Waals surface area contributed by atoms with Gasteiger partial charge in [0.05, 0.1) is 11.3 Å². The molecule has 3 nitrogen and oxygen atoms in total. The first-order chi connectivity index (χ1) is 7.18. The highest BCUT2D eigenvalue weighted by molar-refractivity contribution is 7.80. The zero-order valence-electron chi connectivity index (χ0n) is 7.72. The van der Waals surface area contributed by atoms with E-state index in [9.17, 15) is 0 Å². The molecule has 1 aromatic heterocycles. The molecule has 1 aromatic carbocycles. The first-order valence-electron chi connectivity index (χ1n) is 4.26. The molecule has 0 radical (unpaired) electrons. The third-order valence-electron chi connectivity index (χ3n) is 2.02. The van der Waals surface area contributed by atoms with Crippen LogP contribution in [0.1, 0.15) is 5.56 Å². The molecule has 0 aliphatic heterocycles. The summed E-state index contributed by atoms with van der Waals surface area (Å²) in [5, 5.41) is 0.550. The first kappa shape index (κ1) is 10.1. The van der Waals surface area contributed by atoms with E-state index >= 15 is 0 Å². The Morgan fingerprint density at radius 1 is 1.47 bits per heavy atom. The Morgan fingerprint density at radius 3 is 2.80 bits per heavy atom. The lowest BCUT2D eigenvalue weighted by molar-refractivity contribution is 1.06. The summed E-state index contributed by atoms with van der Waals surface area (Å²) in [4.78, 5) is 4.26. The van der Waals surface area contributed by atoms with E-state index in [1.165, 1.54) is 0 Å². The molecule has 0 unspecified atom stereocenters. The smallest absolute Gasteiger partial charge is 0.105 e. The van der Waals surface area contributed by atoms with E-state index in [0.29, 0.717) is 15.6 Å². The summed E-state index contributed by atoms with van der Waals surface area (Å²) in [7, 11) is 0. The third kappa shape index (κ3) is 2.00. The van der Waals surface area contributed by atoms with Gasteiger partial charge in [-0.1, -0.05) is 23.8 Å². The van der Waals surface area contributed by atoms with Crippen molar-refractivity contribution in [1.29, 1.82) is 0 Å². The zero-order chi connectivity index (χ0) is 10.8. The Kier molecular flexibility index (Phi) is 2.70. The molecule has 2 N–H and O–H groups in total. The van der Waals surface area contributed by atoms with Crippen LogP contribution in [0.15, 0.2) is 36.9 Å². The average Bonchev–Trinajstić information content (AvgIpc) is 2.69. The summed E-state index contributed by atoms with van der Waals surface area (Å²) < 4.78 is 1.86. The molecule has 0 aliphatic carbocycles. The third-order valence-corrected chi connectivity index (χ3v) is 2.55. The zero-order valence-corrected chi connectivity index (χ0v) is 9.29. The monoisotopic (exact) mass is 237 g/mol. The fourth-order valence-corrected chi connectivity index (χ4v) is 1.79. The molecule has 2 rings (SSSR count). The standard InChI is InChI=1S/C10H8ClN3S/c11-9-5-7(14-4-3-13-6-14)1-2-8(9)10(12)15/h1-6H,(H2,12,15). The van der Waals surface area contributed by atoms with Gasteiger partial charge < -0.3 is 10.3 Å². The Balaban J connectivity index is 2.47. The maximum atomic E-state index is 6.04. The lowest BCUT2D eigenvalue weighted by Gasteiger charge is -2.06. The van der Waals surface area contributed by atoms with Gasteiger partial charge in [-0.3, -0.25) is 0 Å². The molecule has 0 saturated carbocycles. The molecule has 76 valence electrons. The fraction of sp³-hybridized carbons (Fsp3) is 0. The number of aromatic nitrogens is 2. The molecule has 1 heterocycles. The van der Waals surface area contributed by atoms with E-state index in [1.54, 1.807) is 24.7 Å². The Morgan fingerprint density at radius 2 is 2.27 bits per heavy atom. The van der Waals surface area contributed by atoms with Crippen LogP contribution in [0.5, 0.6) is 0 Å². The normalized spacial score (nSPS) is 10.2. The van der Waals surface area contributed by atoms with Crippen LogP contribution < -0.4 is 5.73 Å². The van der Waals surface area contributed by atoms with Gasteiger partial charge in [0.15, 0.2) is 0 Å². The summed E-state index contributed by atoms with van der Waals surface area (Å²) in [5.74, 6) is 0. The molecule has 5 heteroatoms. The van der Waals surface area contributed by atoms with E-state index in [1.807, 2.05) is 16.8 Å². The molecule has 0 atom stereocenters. The van der Waals surface area contributed by atoms with Gasteiger partial charge in [-0.2, -0.15) is 0 Å². The van der Waals surface area contributed by atoms with Crippen LogP contribution in [-0.4, -0.2) is 14.5 Å². The number of benzene rings is 1. The summed E-state index contributed by atoms with van der Waals surface area (Å²) in [5.41, 5.74) is 7.13. The van der Waals surface area contributed by atoms with Crippen LogP contribution in [0, 0.1) is 0 Å². The van der Waals surface area contributed by atoms with Gasteiger partial charge in [-0.25, -0.2) is 4.98 Å². The van der Waals surface area contributed by atoms with Crippen LogP contribution in [-0.2, 0) is 0 Å². The van der Waals surface area contributed by atoms with Gasteiger partial charge in [0.25, 0.3) is 0 Å². The van der Waals surface area contributed by atoms with Crippen molar-refractivity contribution in [2.75, 3.05) is 0 Å². The van der Waals surface area contributed by atoms with Gasteiger partial charge >= 0.3 is 0 Å². The van der Waals surface area contributed by atoms with Gasteiger partial charge in [0.1, 0.15) is 4.99 Å². The van der Waals surface area contributed by atoms with Gasteiger partial charge in [0.2, 0.25) is 0 Å². The summed E-state index contributed by atoms with van der Waals surface area (Å²) in [6, 6.07) is 5.50.